The van der Waals surface area contributed by atoms with Crippen LogP contribution in [0.25, 0.3) is 0 Å². The lowest BCUT2D eigenvalue weighted by Gasteiger charge is -2.32. The first kappa shape index (κ1) is 24.4. The summed E-state index contributed by atoms with van der Waals surface area (Å²) in [6.45, 7) is 1.64. The molecular formula is C19H19Cl3F3N3O2. The van der Waals surface area contributed by atoms with Crippen molar-refractivity contribution in [3.05, 3.63) is 62.6 Å². The molecule has 0 heterocycles. The minimum Gasteiger partial charge on any atom is -0.381 e. The van der Waals surface area contributed by atoms with Crippen LogP contribution in [-0.4, -0.2) is 30.4 Å². The maximum Gasteiger partial charge on any atom is 0.423 e. The molecule has 2 rings (SSSR count). The lowest BCUT2D eigenvalue weighted by Crippen LogP contribution is -2.47. The van der Waals surface area contributed by atoms with Crippen molar-refractivity contribution in [2.45, 2.75) is 25.2 Å². The lowest BCUT2D eigenvalue weighted by atomic mass is 9.92. The fraction of sp³-hybridized carbons (Fsp3) is 0.316. The Bertz CT molecular complexity index is 872. The monoisotopic (exact) mass is 483 g/mol. The zero-order valence-electron chi connectivity index (χ0n) is 15.7. The smallest absolute Gasteiger partial charge is 0.381 e. The van der Waals surface area contributed by atoms with Gasteiger partial charge in [0.1, 0.15) is 0 Å². The molecule has 30 heavy (non-hydrogen) atoms. The molecule has 11 heteroatoms. The average Bonchev–Trinajstić information content (AvgIpc) is 2.68. The van der Waals surface area contributed by atoms with Gasteiger partial charge in [-0.15, -0.1) is 0 Å². The summed E-state index contributed by atoms with van der Waals surface area (Å²) in [5.41, 5.74) is -2.71. The Labute approximate surface area is 186 Å². The molecule has 5 nitrogen and oxygen atoms in total. The second kappa shape index (κ2) is 9.96. The van der Waals surface area contributed by atoms with Crippen LogP contribution in [-0.2, 0) is 12.1 Å². The van der Waals surface area contributed by atoms with Gasteiger partial charge < -0.3 is 21.1 Å². The predicted octanol–water partition coefficient (Wildman–Crippen LogP) is 5.33. The first-order chi connectivity index (χ1) is 14.0. The van der Waals surface area contributed by atoms with E-state index in [0.717, 1.165) is 17.7 Å². The van der Waals surface area contributed by atoms with Gasteiger partial charge in [-0.05, 0) is 42.3 Å². The minimum absolute atomic E-state index is 0.101. The van der Waals surface area contributed by atoms with Crippen molar-refractivity contribution in [3.63, 3.8) is 0 Å². The van der Waals surface area contributed by atoms with Crippen molar-refractivity contribution in [2.24, 2.45) is 0 Å². The second-order valence-corrected chi connectivity index (χ2v) is 7.57. The summed E-state index contributed by atoms with van der Waals surface area (Å²) in [6, 6.07) is 7.88. The number of alkyl halides is 3. The van der Waals surface area contributed by atoms with Crippen LogP contribution in [0.5, 0.6) is 0 Å². The van der Waals surface area contributed by atoms with E-state index in [9.17, 15) is 23.1 Å². The Hall–Kier alpha value is -1.87. The molecule has 164 valence electrons. The third-order valence-corrected chi connectivity index (χ3v) is 5.42. The van der Waals surface area contributed by atoms with E-state index in [-0.39, 0.29) is 27.6 Å². The fourth-order valence-corrected chi connectivity index (χ4v) is 3.13. The van der Waals surface area contributed by atoms with Crippen molar-refractivity contribution in [1.29, 1.82) is 0 Å². The molecule has 0 saturated heterocycles. The molecular weight excluding hydrogens is 466 g/mol. The van der Waals surface area contributed by atoms with Crippen molar-refractivity contribution in [2.75, 3.05) is 18.4 Å². The van der Waals surface area contributed by atoms with Crippen LogP contribution in [0.15, 0.2) is 36.4 Å². The second-order valence-electron chi connectivity index (χ2n) is 6.38. The predicted molar refractivity (Wildman–Crippen MR) is 112 cm³/mol. The van der Waals surface area contributed by atoms with Crippen molar-refractivity contribution in [3.8, 4) is 0 Å². The molecule has 0 saturated carbocycles. The standard InChI is InChI=1S/C19H19Cl3F3N3O2/c1-2-26-17(29)27-9-11-3-5-13(6-4-11)28-10-18(30,19(23,24)25)12-7-14(20)16(22)15(21)8-12/h3-8,28,30H,2,9-10H2,1H3,(H2,26,27,29)/t18-/m0/s1. The summed E-state index contributed by atoms with van der Waals surface area (Å²) in [5.74, 6) is 0. The quantitative estimate of drug-likeness (QED) is 0.402. The van der Waals surface area contributed by atoms with E-state index < -0.39 is 23.9 Å². The number of rotatable bonds is 7. The zero-order valence-corrected chi connectivity index (χ0v) is 18.0. The van der Waals surface area contributed by atoms with Gasteiger partial charge in [-0.2, -0.15) is 13.2 Å². The SMILES string of the molecule is CCNC(=O)NCc1ccc(NC[C@](O)(c2cc(Cl)c(Cl)c(Cl)c2)C(F)(F)F)cc1. The van der Waals surface area contributed by atoms with Gasteiger partial charge in [-0.3, -0.25) is 0 Å². The van der Waals surface area contributed by atoms with Gasteiger partial charge in [-0.1, -0.05) is 46.9 Å². The topological polar surface area (TPSA) is 73.4 Å². The molecule has 0 spiro atoms. The Morgan fingerprint density at radius 2 is 1.60 bits per heavy atom. The Morgan fingerprint density at radius 1 is 1.03 bits per heavy atom. The van der Waals surface area contributed by atoms with Crippen molar-refractivity contribution >= 4 is 46.5 Å². The van der Waals surface area contributed by atoms with E-state index in [2.05, 4.69) is 16.0 Å². The third-order valence-electron chi connectivity index (χ3n) is 4.22. The highest BCUT2D eigenvalue weighted by molar-refractivity contribution is 6.48. The highest BCUT2D eigenvalue weighted by atomic mass is 35.5. The number of carbonyl (C=O) groups excluding carboxylic acids is 1. The number of amides is 2. The highest BCUT2D eigenvalue weighted by Gasteiger charge is 2.55. The first-order valence-electron chi connectivity index (χ1n) is 8.76. The minimum atomic E-state index is -5.02. The molecule has 0 bridgehead atoms. The van der Waals surface area contributed by atoms with Crippen LogP contribution in [0.2, 0.25) is 15.1 Å². The maximum atomic E-state index is 13.7. The molecule has 0 aliphatic carbocycles. The van der Waals surface area contributed by atoms with Crippen LogP contribution >= 0.6 is 34.8 Å². The average molecular weight is 485 g/mol. The van der Waals surface area contributed by atoms with Gasteiger partial charge in [0.25, 0.3) is 0 Å². The molecule has 4 N–H and O–H groups in total. The maximum absolute atomic E-state index is 13.7. The summed E-state index contributed by atoms with van der Waals surface area (Å²) in [4.78, 5) is 11.4. The van der Waals surface area contributed by atoms with Crippen LogP contribution in [0.4, 0.5) is 23.7 Å². The number of halogens is 6. The molecule has 0 aromatic heterocycles. The van der Waals surface area contributed by atoms with Gasteiger partial charge in [0.05, 0.1) is 21.6 Å². The number of carbonyl (C=O) groups is 1. The van der Waals surface area contributed by atoms with Gasteiger partial charge in [-0.25, -0.2) is 4.79 Å². The molecule has 1 atom stereocenters. The number of aliphatic hydroxyl groups is 1. The molecule has 2 amide bonds. The van der Waals surface area contributed by atoms with Gasteiger partial charge in [0.2, 0.25) is 5.60 Å². The van der Waals surface area contributed by atoms with E-state index >= 15 is 0 Å². The van der Waals surface area contributed by atoms with Crippen LogP contribution in [0, 0.1) is 0 Å². The first-order valence-corrected chi connectivity index (χ1v) is 9.90. The van der Waals surface area contributed by atoms with Gasteiger partial charge in [0.15, 0.2) is 0 Å². The van der Waals surface area contributed by atoms with Gasteiger partial charge >= 0.3 is 12.2 Å². The number of anilines is 1. The largest absolute Gasteiger partial charge is 0.423 e. The Balaban J connectivity index is 2.14. The van der Waals surface area contributed by atoms with Gasteiger partial charge in [0, 0.05) is 18.8 Å². The molecule has 0 radical (unpaired) electrons. The Kier molecular flexibility index (Phi) is 8.10. The number of hydrogen-bond donors (Lipinski definition) is 4. The summed E-state index contributed by atoms with van der Waals surface area (Å²) >= 11 is 17.5. The fourth-order valence-electron chi connectivity index (χ4n) is 2.54. The molecule has 2 aromatic carbocycles. The van der Waals surface area contributed by atoms with E-state index in [4.69, 9.17) is 34.8 Å². The van der Waals surface area contributed by atoms with Crippen molar-refractivity contribution in [1.82, 2.24) is 10.6 Å². The summed E-state index contributed by atoms with van der Waals surface area (Å²) in [5, 5.41) is 17.7. The molecule has 0 fully saturated rings. The zero-order chi connectivity index (χ0) is 22.5. The number of benzene rings is 2. The summed E-state index contributed by atoms with van der Waals surface area (Å²) < 4.78 is 41.1. The Morgan fingerprint density at radius 3 is 2.10 bits per heavy atom. The molecule has 2 aromatic rings. The van der Waals surface area contributed by atoms with E-state index in [1.807, 2.05) is 0 Å². The number of urea groups is 1. The normalized spacial score (nSPS) is 13.5. The number of hydrogen-bond acceptors (Lipinski definition) is 3. The summed E-state index contributed by atoms with van der Waals surface area (Å²) in [6.07, 6.45) is -5.02. The van der Waals surface area contributed by atoms with E-state index in [0.29, 0.717) is 12.2 Å². The summed E-state index contributed by atoms with van der Waals surface area (Å²) in [7, 11) is 0. The molecule has 0 aliphatic heterocycles. The van der Waals surface area contributed by atoms with E-state index in [1.165, 1.54) is 12.1 Å². The van der Waals surface area contributed by atoms with Crippen molar-refractivity contribution < 1.29 is 23.1 Å². The molecule has 0 unspecified atom stereocenters. The van der Waals surface area contributed by atoms with Crippen LogP contribution in [0.1, 0.15) is 18.1 Å². The molecule has 0 aliphatic rings. The van der Waals surface area contributed by atoms with E-state index in [1.54, 1.807) is 19.1 Å². The third kappa shape index (κ3) is 5.85. The number of nitrogens with one attached hydrogen (secondary N) is 3. The van der Waals surface area contributed by atoms with Crippen LogP contribution in [0.3, 0.4) is 0 Å². The highest BCUT2D eigenvalue weighted by Crippen LogP contribution is 2.43. The lowest BCUT2D eigenvalue weighted by molar-refractivity contribution is -0.260. The van der Waals surface area contributed by atoms with Crippen LogP contribution < -0.4 is 16.0 Å².